The molecule has 2 aliphatic carbocycles. The lowest BCUT2D eigenvalue weighted by Gasteiger charge is -2.32. The number of rotatable bonds is 7. The number of amides is 1. The fourth-order valence-electron chi connectivity index (χ4n) is 3.32. The van der Waals surface area contributed by atoms with E-state index in [-0.39, 0.29) is 18.1 Å². The highest BCUT2D eigenvalue weighted by Crippen LogP contribution is 2.32. The first-order chi connectivity index (χ1) is 14.6. The van der Waals surface area contributed by atoms with Crippen molar-refractivity contribution in [2.45, 2.75) is 43.9 Å². The second-order valence-corrected chi connectivity index (χ2v) is 7.59. The van der Waals surface area contributed by atoms with Crippen molar-refractivity contribution in [3.05, 3.63) is 36.2 Å². The van der Waals surface area contributed by atoms with Crippen molar-refractivity contribution in [3.63, 3.8) is 0 Å². The van der Waals surface area contributed by atoms with E-state index in [1.54, 1.807) is 23.8 Å². The van der Waals surface area contributed by atoms with Crippen molar-refractivity contribution >= 4 is 28.9 Å². The molecule has 0 unspecified atom stereocenters. The molecule has 10 heteroatoms. The number of aliphatic hydroxyl groups is 1. The highest BCUT2D eigenvalue weighted by Gasteiger charge is 2.31. The number of carbonyl (C=O) groups excluding carboxylic acids is 1. The van der Waals surface area contributed by atoms with Gasteiger partial charge >= 0.3 is 0 Å². The molecule has 0 aliphatic heterocycles. The van der Waals surface area contributed by atoms with Crippen LogP contribution in [0.15, 0.2) is 30.6 Å². The van der Waals surface area contributed by atoms with Crippen LogP contribution in [-0.2, 0) is 0 Å². The number of hydrogen-bond acceptors (Lipinski definition) is 8. The van der Waals surface area contributed by atoms with Crippen LogP contribution in [0, 0.1) is 0 Å². The number of hydrogen-bond donors (Lipinski definition) is 4. The molecule has 2 saturated carbocycles. The third-order valence-electron chi connectivity index (χ3n) is 5.36. The van der Waals surface area contributed by atoms with E-state index in [0.717, 1.165) is 19.3 Å². The van der Waals surface area contributed by atoms with Crippen LogP contribution in [0.25, 0.3) is 5.65 Å². The summed E-state index contributed by atoms with van der Waals surface area (Å²) in [4.78, 5) is 21.7. The van der Waals surface area contributed by atoms with Crippen molar-refractivity contribution in [2.75, 3.05) is 17.7 Å². The van der Waals surface area contributed by atoms with Gasteiger partial charge in [0.15, 0.2) is 5.65 Å². The number of fused-ring (bicyclic) bond motifs is 1. The molecule has 0 saturated heterocycles. The number of aliphatic hydroxyl groups excluding tert-OH is 1. The summed E-state index contributed by atoms with van der Waals surface area (Å²) >= 11 is 0. The Labute approximate surface area is 172 Å². The van der Waals surface area contributed by atoms with E-state index in [0.29, 0.717) is 40.8 Å². The average molecular weight is 409 g/mol. The zero-order chi connectivity index (χ0) is 20.7. The Morgan fingerprint density at radius 1 is 1.30 bits per heavy atom. The highest BCUT2D eigenvalue weighted by molar-refractivity contribution is 6.00. The Bertz CT molecular complexity index is 1100. The van der Waals surface area contributed by atoms with E-state index in [9.17, 15) is 9.90 Å². The summed E-state index contributed by atoms with van der Waals surface area (Å²) in [5.74, 6) is 1.41. The van der Waals surface area contributed by atoms with Gasteiger partial charge in [-0.2, -0.15) is 9.61 Å². The number of nitrogens with one attached hydrogen (secondary N) is 3. The number of nitrogens with zero attached hydrogens (tertiary/aromatic N) is 4. The minimum atomic E-state index is -0.496. The van der Waals surface area contributed by atoms with Gasteiger partial charge in [-0.1, -0.05) is 0 Å². The van der Waals surface area contributed by atoms with Gasteiger partial charge in [0.25, 0.3) is 5.91 Å². The maximum Gasteiger partial charge on any atom is 0.257 e. The molecule has 3 aromatic heterocycles. The van der Waals surface area contributed by atoms with Gasteiger partial charge in [-0.25, -0.2) is 9.97 Å². The number of carbonyl (C=O) groups is 1. The van der Waals surface area contributed by atoms with Gasteiger partial charge in [-0.15, -0.1) is 0 Å². The predicted molar refractivity (Wildman–Crippen MR) is 110 cm³/mol. The summed E-state index contributed by atoms with van der Waals surface area (Å²) in [5.41, 5.74) is 1.45. The van der Waals surface area contributed by atoms with Gasteiger partial charge in [-0.05, 0) is 37.8 Å². The van der Waals surface area contributed by atoms with E-state index >= 15 is 0 Å². The monoisotopic (exact) mass is 409 g/mol. The molecular weight excluding hydrogens is 386 g/mol. The molecule has 1 amide bonds. The first kappa shape index (κ1) is 18.6. The molecule has 4 N–H and O–H groups in total. The summed E-state index contributed by atoms with van der Waals surface area (Å²) in [6, 6.07) is 5.26. The van der Waals surface area contributed by atoms with Crippen LogP contribution in [0.5, 0.6) is 5.88 Å². The maximum atomic E-state index is 12.7. The molecule has 0 aromatic carbocycles. The predicted octanol–water partition coefficient (Wildman–Crippen LogP) is 1.70. The van der Waals surface area contributed by atoms with Gasteiger partial charge in [0, 0.05) is 19.3 Å². The van der Waals surface area contributed by atoms with Crippen molar-refractivity contribution in [1.82, 2.24) is 24.9 Å². The van der Waals surface area contributed by atoms with Crippen LogP contribution in [0.2, 0.25) is 0 Å². The molecule has 0 radical (unpaired) electrons. The van der Waals surface area contributed by atoms with Crippen LogP contribution in [0.4, 0.5) is 17.3 Å². The molecule has 10 nitrogen and oxygen atoms in total. The normalized spacial score (nSPS) is 20.5. The Hall–Kier alpha value is -3.40. The van der Waals surface area contributed by atoms with Crippen molar-refractivity contribution < 1.29 is 14.6 Å². The third-order valence-corrected chi connectivity index (χ3v) is 5.36. The molecule has 156 valence electrons. The first-order valence-electron chi connectivity index (χ1n) is 10.1. The fourth-order valence-corrected chi connectivity index (χ4v) is 3.32. The van der Waals surface area contributed by atoms with Crippen LogP contribution < -0.4 is 20.7 Å². The Morgan fingerprint density at radius 2 is 2.17 bits per heavy atom. The zero-order valence-electron chi connectivity index (χ0n) is 16.5. The summed E-state index contributed by atoms with van der Waals surface area (Å²) in [6.45, 7) is 0. The molecular formula is C20H23N7O3. The van der Waals surface area contributed by atoms with Gasteiger partial charge in [0.05, 0.1) is 18.3 Å². The lowest BCUT2D eigenvalue weighted by molar-refractivity contribution is 0.0448. The quantitative estimate of drug-likeness (QED) is 0.465. The van der Waals surface area contributed by atoms with Crippen molar-refractivity contribution in [3.8, 4) is 5.88 Å². The maximum absolute atomic E-state index is 12.7. The zero-order valence-corrected chi connectivity index (χ0v) is 16.5. The molecule has 0 bridgehead atoms. The smallest absolute Gasteiger partial charge is 0.257 e. The van der Waals surface area contributed by atoms with E-state index < -0.39 is 6.10 Å². The molecule has 2 fully saturated rings. The van der Waals surface area contributed by atoms with Crippen LogP contribution in [0.1, 0.15) is 36.0 Å². The van der Waals surface area contributed by atoms with Crippen LogP contribution in [0.3, 0.4) is 0 Å². The standard InChI is InChI=1S/C20H23N7O3/c1-21-17-9-16(24-14-3-2-8-22-20(14)30-11-4-5-11)26-18-12(10-23-27(17)18)19(29)25-13-6-7-15(13)28/h2-3,8-11,13,15,21,28H,4-7H2,1H3,(H,24,26)(H,25,29)/t13-,15-/m0/s1. The summed E-state index contributed by atoms with van der Waals surface area (Å²) in [6.07, 6.45) is 6.43. The minimum Gasteiger partial charge on any atom is -0.473 e. The van der Waals surface area contributed by atoms with E-state index in [4.69, 9.17) is 4.74 Å². The lowest BCUT2D eigenvalue weighted by atomic mass is 9.89. The topological polar surface area (TPSA) is 126 Å². The number of ether oxygens (including phenoxy) is 1. The van der Waals surface area contributed by atoms with Gasteiger partial charge in [0.1, 0.15) is 29.0 Å². The molecule has 5 rings (SSSR count). The van der Waals surface area contributed by atoms with Crippen LogP contribution >= 0.6 is 0 Å². The highest BCUT2D eigenvalue weighted by atomic mass is 16.5. The van der Waals surface area contributed by atoms with E-state index in [1.807, 2.05) is 12.1 Å². The first-order valence-corrected chi connectivity index (χ1v) is 10.1. The van der Waals surface area contributed by atoms with Crippen molar-refractivity contribution in [2.24, 2.45) is 0 Å². The van der Waals surface area contributed by atoms with Gasteiger partial charge < -0.3 is 25.8 Å². The Balaban J connectivity index is 1.46. The number of aromatic nitrogens is 4. The third kappa shape index (κ3) is 3.50. The number of anilines is 3. The molecule has 30 heavy (non-hydrogen) atoms. The summed E-state index contributed by atoms with van der Waals surface area (Å²) < 4.78 is 7.44. The Morgan fingerprint density at radius 3 is 2.87 bits per heavy atom. The molecule has 3 aromatic rings. The second kappa shape index (κ2) is 7.45. The summed E-state index contributed by atoms with van der Waals surface area (Å²) in [5, 5.41) is 23.2. The van der Waals surface area contributed by atoms with Crippen LogP contribution in [-0.4, -0.2) is 55.9 Å². The molecule has 2 atom stereocenters. The van der Waals surface area contributed by atoms with Crippen molar-refractivity contribution in [1.29, 1.82) is 0 Å². The van der Waals surface area contributed by atoms with Gasteiger partial charge in [-0.3, -0.25) is 4.79 Å². The second-order valence-electron chi connectivity index (χ2n) is 7.59. The average Bonchev–Trinajstić information content (AvgIpc) is 3.47. The molecule has 3 heterocycles. The molecule has 2 aliphatic rings. The lowest BCUT2D eigenvalue weighted by Crippen LogP contribution is -2.50. The largest absolute Gasteiger partial charge is 0.473 e. The SMILES string of the molecule is CNc1cc(Nc2cccnc2OC2CC2)nc2c(C(=O)N[C@H]3CC[C@@H]3O)cnn12. The fraction of sp³-hybridized carbons (Fsp3) is 0.400. The number of pyridine rings is 1. The van der Waals surface area contributed by atoms with Gasteiger partial charge in [0.2, 0.25) is 5.88 Å². The minimum absolute atomic E-state index is 0.218. The Kier molecular flexibility index (Phi) is 4.62. The summed E-state index contributed by atoms with van der Waals surface area (Å²) in [7, 11) is 1.77. The van der Waals surface area contributed by atoms with E-state index in [2.05, 4.69) is 31.0 Å². The molecule has 0 spiro atoms. The van der Waals surface area contributed by atoms with E-state index in [1.165, 1.54) is 6.20 Å².